The molecule has 14 heterocycles. The summed E-state index contributed by atoms with van der Waals surface area (Å²) in [5.74, 6) is -1.73. The second-order valence-corrected chi connectivity index (χ2v) is 31.5. The van der Waals surface area contributed by atoms with Crippen molar-refractivity contribution in [3.63, 3.8) is 0 Å². The SMILES string of the molecule is CC1CC(=O)C(=C(O)c2cscn2)CN1C(=O)OC(C)(C)C.CC1CC(=O)CCN1C(=O)OC(C)(C)C.CC1Cc2[nH]nc(-c3cscn3)c2CN1.CC1Cc2[nH]nc(-c3cscn3)c2CN1C(=O)OC(C)(C)C.CC1Cc2[nH]nc(-c3cscn3)c2CN1C(=O)c1cc2c(F)cc(F)cn2c1. The van der Waals surface area contributed by atoms with Crippen molar-refractivity contribution < 1.29 is 56.9 Å². The van der Waals surface area contributed by atoms with Crippen LogP contribution in [0.25, 0.3) is 45.4 Å². The Balaban J connectivity index is 0.000000140. The van der Waals surface area contributed by atoms with Crippen molar-refractivity contribution in [2.75, 3.05) is 13.1 Å². The number of nitrogens with zero attached hydrogens (tertiary/aromatic N) is 12. The lowest BCUT2D eigenvalue weighted by molar-refractivity contribution is -0.122. The number of amides is 4. The van der Waals surface area contributed by atoms with Gasteiger partial charge in [-0.05, 0) is 103 Å². The minimum Gasteiger partial charge on any atom is -0.505 e. The molecule has 5 N–H and O–H groups in total. The molecular weight excluding hydrogens is 1390 g/mol. The van der Waals surface area contributed by atoms with E-state index in [1.807, 2.05) is 84.0 Å². The van der Waals surface area contributed by atoms with Crippen molar-refractivity contribution >= 4 is 92.4 Å². The molecule has 5 atom stereocenters. The maximum atomic E-state index is 14.0. The fourth-order valence-electron chi connectivity index (χ4n) is 12.0. The number of thiazole rings is 4. The number of ketones is 2. The number of aromatic nitrogens is 11. The van der Waals surface area contributed by atoms with Crippen LogP contribution in [0.1, 0.15) is 166 Å². The summed E-state index contributed by atoms with van der Waals surface area (Å²) in [5.41, 5.74) is 18.2. The van der Waals surface area contributed by atoms with Gasteiger partial charge in [0.1, 0.15) is 74.1 Å². The van der Waals surface area contributed by atoms with Gasteiger partial charge in [-0.25, -0.2) is 43.1 Å². The highest BCUT2D eigenvalue weighted by Crippen LogP contribution is 2.35. The normalized spacial score (nSPS) is 19.5. The number of hydrogen-bond donors (Lipinski definition) is 5. The van der Waals surface area contributed by atoms with Crippen LogP contribution in [0.3, 0.4) is 0 Å². The van der Waals surface area contributed by atoms with Crippen LogP contribution in [0.4, 0.5) is 23.2 Å². The van der Waals surface area contributed by atoms with E-state index in [1.165, 1.54) is 66.8 Å². The summed E-state index contributed by atoms with van der Waals surface area (Å²) in [6, 6.07) is 2.50. The van der Waals surface area contributed by atoms with E-state index in [9.17, 15) is 42.7 Å². The maximum Gasteiger partial charge on any atom is 0.410 e. The quantitative estimate of drug-likeness (QED) is 0.0607. The zero-order valence-corrected chi connectivity index (χ0v) is 62.7. The van der Waals surface area contributed by atoms with Crippen molar-refractivity contribution in [2.24, 2.45) is 0 Å². The van der Waals surface area contributed by atoms with Gasteiger partial charge in [0.2, 0.25) is 0 Å². The van der Waals surface area contributed by atoms with Crippen LogP contribution in [0.5, 0.6) is 0 Å². The summed E-state index contributed by atoms with van der Waals surface area (Å²) >= 11 is 5.95. The van der Waals surface area contributed by atoms with Gasteiger partial charge in [0, 0.05) is 156 Å². The number of hydrogen-bond acceptors (Lipinski definition) is 22. The first-order valence-corrected chi connectivity index (χ1v) is 37.2. The van der Waals surface area contributed by atoms with Gasteiger partial charge >= 0.3 is 18.3 Å². The number of fused-ring (bicyclic) bond motifs is 4. The summed E-state index contributed by atoms with van der Waals surface area (Å²) in [5, 5.41) is 43.7. The summed E-state index contributed by atoms with van der Waals surface area (Å²) in [6.45, 7) is 28.6. The zero-order valence-electron chi connectivity index (χ0n) is 59.5. The minimum atomic E-state index is -0.700. The molecule has 14 rings (SSSR count). The van der Waals surface area contributed by atoms with Crippen LogP contribution < -0.4 is 5.32 Å². The fourth-order valence-corrected chi connectivity index (χ4v) is 14.2. The van der Waals surface area contributed by atoms with Crippen LogP contribution in [-0.2, 0) is 62.7 Å². The Kier molecular flexibility index (Phi) is 23.4. The van der Waals surface area contributed by atoms with Crippen molar-refractivity contribution in [1.29, 1.82) is 0 Å². The molecule has 26 nitrogen and oxygen atoms in total. The largest absolute Gasteiger partial charge is 0.505 e. The molecule has 0 aliphatic carbocycles. The van der Waals surface area contributed by atoms with Gasteiger partial charge in [0.25, 0.3) is 5.91 Å². The molecule has 0 aromatic carbocycles. The third-order valence-corrected chi connectivity index (χ3v) is 19.4. The Labute approximate surface area is 605 Å². The second-order valence-electron chi connectivity index (χ2n) is 28.7. The average Bonchev–Trinajstić information content (AvgIpc) is 1.62. The summed E-state index contributed by atoms with van der Waals surface area (Å²) in [4.78, 5) is 96.4. The molecule has 2 saturated heterocycles. The van der Waals surface area contributed by atoms with E-state index in [0.29, 0.717) is 56.2 Å². The number of pyridine rings is 1. The standard InChI is InChI=1S/C19H15F2N5OS.C15H20N4O2S.C15H20N2O4S.C11H19NO3.C10H12N4S/c1-10-2-15-13(18(24-23-15)16-8-28-9-22-16)7-26(10)19(27)11-3-17-14(21)4-12(20)6-25(17)5-11;1-9-5-11-10(6-19(9)14(20)21-15(2,3)4)13(18-17-11)12-7-22-8-16-12;1-9-5-12(18)10(13(19)11-7-22-8-16-11)6-17(9)14(20)21-15(2,3)4;1-8-7-9(13)5-6-12(8)10(14)15-11(2,3)4;1-6-2-8-7(3-11-6)10(14-13-8)9-4-15-5-12-9/h3-6,8-10H,2,7H2,1H3,(H,23,24);7-9H,5-6H2,1-4H3,(H,17,18);7-9,19H,5-6H2,1-4H3;8H,5-7H2,1-4H3;4-6,11H,2-3H2,1H3,(H,13,14). The number of ether oxygens (including phenoxy) is 3. The second kappa shape index (κ2) is 31.6. The fraction of sp³-hybridized carbons (Fsp3) is 0.471. The maximum absolute atomic E-state index is 14.0. The number of likely N-dealkylation sites (tertiary alicyclic amines) is 2. The number of carbonyl (C=O) groups is 6. The Bertz CT molecular complexity index is 4450. The Hall–Kier alpha value is -9.11. The monoisotopic (exact) mass is 1480 g/mol. The summed E-state index contributed by atoms with van der Waals surface area (Å²) < 4.78 is 44.9. The van der Waals surface area contributed by atoms with E-state index in [-0.39, 0.29) is 83.6 Å². The highest BCUT2D eigenvalue weighted by atomic mass is 32.1. The molecule has 2 fully saturated rings. The third-order valence-electron chi connectivity index (χ3n) is 17.1. The van der Waals surface area contributed by atoms with E-state index in [1.54, 1.807) is 75.6 Å². The predicted octanol–water partition coefficient (Wildman–Crippen LogP) is 13.4. The van der Waals surface area contributed by atoms with Gasteiger partial charge in [0.05, 0.1) is 58.3 Å². The topological polar surface area (TPSA) is 317 Å². The number of aliphatic hydroxyl groups is 1. The first kappa shape index (κ1) is 75.6. The Morgan fingerprint density at radius 1 is 0.549 bits per heavy atom. The molecule has 0 bridgehead atoms. The van der Waals surface area contributed by atoms with Crippen molar-refractivity contribution in [2.45, 2.75) is 202 Å². The number of H-pyrrole nitrogens is 3. The van der Waals surface area contributed by atoms with Gasteiger partial charge in [-0.2, -0.15) is 15.3 Å². The molecule has 5 unspecified atom stereocenters. The third kappa shape index (κ3) is 18.6. The molecule has 5 aliphatic heterocycles. The lowest BCUT2D eigenvalue weighted by Gasteiger charge is -2.35. The number of aromatic amines is 3. The summed E-state index contributed by atoms with van der Waals surface area (Å²) in [6.07, 6.45) is 4.97. The van der Waals surface area contributed by atoms with Crippen LogP contribution >= 0.6 is 45.3 Å². The van der Waals surface area contributed by atoms with Crippen molar-refractivity contribution in [1.82, 2.24) is 79.8 Å². The molecule has 9 aromatic heterocycles. The summed E-state index contributed by atoms with van der Waals surface area (Å²) in [7, 11) is 0. The van der Waals surface area contributed by atoms with Crippen LogP contribution in [0, 0.1) is 11.6 Å². The van der Waals surface area contributed by atoms with E-state index in [0.717, 1.165) is 88.3 Å². The number of nitrogens with one attached hydrogen (secondary N) is 4. The molecule has 32 heteroatoms. The van der Waals surface area contributed by atoms with E-state index in [4.69, 9.17) is 14.2 Å². The van der Waals surface area contributed by atoms with Crippen LogP contribution in [0.2, 0.25) is 0 Å². The zero-order chi connectivity index (χ0) is 73.7. The van der Waals surface area contributed by atoms with Gasteiger partial charge < -0.3 is 48.6 Å². The molecule has 544 valence electrons. The first-order chi connectivity index (χ1) is 48.2. The molecule has 5 aliphatic rings. The number of Topliss-reactive ketones (excluding diaryl/α,β-unsaturated/α-hetero) is 2. The molecule has 0 saturated carbocycles. The predicted molar refractivity (Wildman–Crippen MR) is 385 cm³/mol. The first-order valence-electron chi connectivity index (χ1n) is 33.4. The van der Waals surface area contributed by atoms with Gasteiger partial charge in [0.15, 0.2) is 11.5 Å². The number of halogens is 2. The lowest BCUT2D eigenvalue weighted by atomic mass is 9.96. The highest BCUT2D eigenvalue weighted by molar-refractivity contribution is 7.08. The van der Waals surface area contributed by atoms with E-state index >= 15 is 0 Å². The van der Waals surface area contributed by atoms with E-state index < -0.39 is 34.5 Å². The smallest absolute Gasteiger partial charge is 0.410 e. The number of piperidine rings is 2. The Morgan fingerprint density at radius 2 is 1.00 bits per heavy atom. The van der Waals surface area contributed by atoms with Crippen LogP contribution in [0.15, 0.2) is 73.7 Å². The number of rotatable bonds is 5. The molecular formula is C70H86F2N16O10S4. The van der Waals surface area contributed by atoms with Crippen molar-refractivity contribution in [3.05, 3.63) is 130 Å². The van der Waals surface area contributed by atoms with Crippen molar-refractivity contribution in [3.8, 4) is 34.2 Å². The van der Waals surface area contributed by atoms with Crippen LogP contribution in [-0.4, -0.2) is 175 Å². The molecule has 9 aromatic rings. The van der Waals surface area contributed by atoms with E-state index in [2.05, 4.69) is 62.8 Å². The molecule has 102 heavy (non-hydrogen) atoms. The minimum absolute atomic E-state index is 0.0261. The number of carbonyl (C=O) groups excluding carboxylic acids is 6. The molecule has 0 radical (unpaired) electrons. The molecule has 4 amide bonds. The lowest BCUT2D eigenvalue weighted by Crippen LogP contribution is -2.48. The van der Waals surface area contributed by atoms with Gasteiger partial charge in [-0.3, -0.25) is 29.7 Å². The average molecular weight is 1480 g/mol. The molecule has 0 spiro atoms. The van der Waals surface area contributed by atoms with Gasteiger partial charge in [-0.1, -0.05) is 0 Å². The highest BCUT2D eigenvalue weighted by Gasteiger charge is 2.38. The Morgan fingerprint density at radius 3 is 1.49 bits per heavy atom. The number of aliphatic hydroxyl groups excluding tert-OH is 1. The van der Waals surface area contributed by atoms with Gasteiger partial charge in [-0.15, -0.1) is 45.3 Å².